The molecule has 0 bridgehead atoms. The number of aliphatic carboxylic acids is 1. The van der Waals surface area contributed by atoms with Crippen molar-refractivity contribution in [2.75, 3.05) is 6.54 Å². The summed E-state index contributed by atoms with van der Waals surface area (Å²) in [6, 6.07) is -4.88. The zero-order valence-electron chi connectivity index (χ0n) is 21.0. The Bertz CT molecular complexity index is 744. The lowest BCUT2D eigenvalue weighted by Crippen LogP contribution is -2.58. The first-order valence-electron chi connectivity index (χ1n) is 11.8. The summed E-state index contributed by atoms with van der Waals surface area (Å²) in [6.07, 6.45) is 1.81. The maximum Gasteiger partial charge on any atom is 0.303 e. The molecule has 0 aromatic carbocycles. The van der Waals surface area contributed by atoms with Gasteiger partial charge in [0, 0.05) is 6.42 Å². The third-order valence-corrected chi connectivity index (χ3v) is 5.20. The largest absolute Gasteiger partial charge is 0.481 e. The van der Waals surface area contributed by atoms with E-state index in [0.717, 1.165) is 6.42 Å². The highest BCUT2D eigenvalue weighted by molar-refractivity contribution is 5.95. The van der Waals surface area contributed by atoms with Gasteiger partial charge in [-0.2, -0.15) is 0 Å². The third kappa shape index (κ3) is 12.8. The Kier molecular flexibility index (Phi) is 15.1. The highest BCUT2D eigenvalue weighted by Crippen LogP contribution is 2.05. The molecular formula is C22H41N6O7+. The first kappa shape index (κ1) is 31.9. The molecule has 200 valence electrons. The summed E-state index contributed by atoms with van der Waals surface area (Å²) in [4.78, 5) is 72.3. The molecule has 0 aliphatic heterocycles. The number of hydrogen-bond acceptors (Lipinski definition) is 7. The van der Waals surface area contributed by atoms with Gasteiger partial charge in [0.15, 0.2) is 0 Å². The molecule has 4 amide bonds. The molecule has 0 aromatic rings. The molecule has 0 aromatic heterocycles. The van der Waals surface area contributed by atoms with Gasteiger partial charge in [0.25, 0.3) is 0 Å². The van der Waals surface area contributed by atoms with E-state index >= 15 is 0 Å². The average molecular weight is 502 g/mol. The van der Waals surface area contributed by atoms with Crippen molar-refractivity contribution in [2.24, 2.45) is 11.7 Å². The van der Waals surface area contributed by atoms with Crippen molar-refractivity contribution in [2.45, 2.75) is 90.0 Å². The summed E-state index contributed by atoms with van der Waals surface area (Å²) < 4.78 is 0. The van der Waals surface area contributed by atoms with Crippen LogP contribution in [0.1, 0.15) is 59.8 Å². The molecule has 0 saturated carbocycles. The van der Waals surface area contributed by atoms with Crippen LogP contribution in [-0.2, 0) is 28.8 Å². The fourth-order valence-electron chi connectivity index (χ4n) is 3.02. The van der Waals surface area contributed by atoms with Gasteiger partial charge in [-0.3, -0.25) is 24.0 Å². The minimum absolute atomic E-state index is 0.211. The summed E-state index contributed by atoms with van der Waals surface area (Å²) in [5.41, 5.74) is 9.25. The van der Waals surface area contributed by atoms with Crippen LogP contribution < -0.4 is 32.7 Å². The van der Waals surface area contributed by atoms with Gasteiger partial charge in [0.05, 0.1) is 18.6 Å². The molecule has 0 aliphatic rings. The molecule has 0 aliphatic carbocycles. The number of carbonyl (C=O) groups excluding carboxylic acids is 5. The molecule has 0 radical (unpaired) electrons. The Labute approximate surface area is 205 Å². The van der Waals surface area contributed by atoms with E-state index in [4.69, 9.17) is 10.8 Å². The Morgan fingerprint density at radius 3 is 1.97 bits per heavy atom. The lowest BCUT2D eigenvalue weighted by Gasteiger charge is -2.26. The van der Waals surface area contributed by atoms with Crippen LogP contribution in [0.2, 0.25) is 0 Å². The van der Waals surface area contributed by atoms with Gasteiger partial charge in [0.1, 0.15) is 24.4 Å². The molecule has 0 fully saturated rings. The average Bonchev–Trinajstić information content (AvgIpc) is 2.78. The molecule has 5 atom stereocenters. The number of nitrogens with two attached hydrogens (primary N) is 1. The summed E-state index contributed by atoms with van der Waals surface area (Å²) in [5.74, 6) is -4.04. The molecule has 0 spiro atoms. The summed E-state index contributed by atoms with van der Waals surface area (Å²) in [6.45, 7) is 6.97. The van der Waals surface area contributed by atoms with Crippen molar-refractivity contribution >= 4 is 35.9 Å². The van der Waals surface area contributed by atoms with E-state index in [1.54, 1.807) is 13.8 Å². The topological polar surface area (TPSA) is 224 Å². The third-order valence-electron chi connectivity index (χ3n) is 5.20. The highest BCUT2D eigenvalue weighted by Gasteiger charge is 2.30. The van der Waals surface area contributed by atoms with E-state index in [1.807, 2.05) is 0 Å². The lowest BCUT2D eigenvalue weighted by atomic mass is 10.0. The standard InChI is InChI=1S/C22H40N6O7/c1-12(2)18(28-19(32)13(3)24)22(35)25-14(4)20(33)27-16(8-9-17(30)31)21(34)26-15(11-29)7-5-6-10-23/h11-16,18H,5-10,23-24H2,1-4H3,(H,25,35)(H,26,34)(H,27,33)(H,28,32)(H,30,31)/p+1/t13-,14-,15-,16-,18-/m0/s1. The zero-order chi connectivity index (χ0) is 27.1. The second-order valence-corrected chi connectivity index (χ2v) is 8.84. The predicted molar refractivity (Wildman–Crippen MR) is 126 cm³/mol. The number of quaternary nitrogens is 1. The maximum atomic E-state index is 12.7. The van der Waals surface area contributed by atoms with Gasteiger partial charge in [0.2, 0.25) is 23.6 Å². The van der Waals surface area contributed by atoms with E-state index in [1.165, 1.54) is 13.8 Å². The number of carboxylic acids is 1. The van der Waals surface area contributed by atoms with E-state index < -0.39 is 66.2 Å². The molecule has 10 N–H and O–H groups in total. The van der Waals surface area contributed by atoms with Gasteiger partial charge < -0.3 is 42.6 Å². The number of hydrogen-bond donors (Lipinski definition) is 7. The van der Waals surface area contributed by atoms with Crippen LogP contribution in [0, 0.1) is 5.92 Å². The molecule has 0 rings (SSSR count). The minimum atomic E-state index is -1.23. The molecular weight excluding hydrogens is 460 g/mol. The van der Waals surface area contributed by atoms with E-state index in [2.05, 4.69) is 27.0 Å². The van der Waals surface area contributed by atoms with Crippen molar-refractivity contribution in [1.29, 1.82) is 0 Å². The Morgan fingerprint density at radius 2 is 1.49 bits per heavy atom. The highest BCUT2D eigenvalue weighted by atomic mass is 16.4. The SMILES string of the molecule is CC(C)[C@H](NC(=O)[C@H](C)N)C(=O)N[C@@H](C)C(=O)N[C@@H](CCC(=O)O)C(=O)N[C@H](C=O)CCCC[NH3+]. The first-order valence-corrected chi connectivity index (χ1v) is 11.8. The molecule has 13 heteroatoms. The van der Waals surface area contributed by atoms with Gasteiger partial charge in [-0.25, -0.2) is 0 Å². The predicted octanol–water partition coefficient (Wildman–Crippen LogP) is -2.58. The van der Waals surface area contributed by atoms with Crippen molar-refractivity contribution in [1.82, 2.24) is 21.3 Å². The second kappa shape index (κ2) is 16.5. The van der Waals surface area contributed by atoms with E-state index in [-0.39, 0.29) is 12.3 Å². The maximum absolute atomic E-state index is 12.7. The van der Waals surface area contributed by atoms with Crippen LogP contribution in [0.25, 0.3) is 0 Å². The number of aldehydes is 1. The number of rotatable bonds is 17. The van der Waals surface area contributed by atoms with Crippen LogP contribution in [0.5, 0.6) is 0 Å². The summed E-state index contributed by atoms with van der Waals surface area (Å²) in [7, 11) is 0. The first-order chi connectivity index (χ1) is 16.3. The van der Waals surface area contributed by atoms with Crippen LogP contribution in [0.15, 0.2) is 0 Å². The van der Waals surface area contributed by atoms with Gasteiger partial charge in [-0.15, -0.1) is 0 Å². The van der Waals surface area contributed by atoms with E-state index in [0.29, 0.717) is 25.7 Å². The summed E-state index contributed by atoms with van der Waals surface area (Å²) in [5, 5.41) is 19.0. The Morgan fingerprint density at radius 1 is 0.857 bits per heavy atom. The normalized spacial score (nSPS) is 15.2. The van der Waals surface area contributed by atoms with Crippen LogP contribution >= 0.6 is 0 Å². The number of unbranched alkanes of at least 4 members (excludes halogenated alkanes) is 1. The molecule has 0 saturated heterocycles. The van der Waals surface area contributed by atoms with Gasteiger partial charge in [-0.1, -0.05) is 13.8 Å². The summed E-state index contributed by atoms with van der Waals surface area (Å²) >= 11 is 0. The van der Waals surface area contributed by atoms with Crippen LogP contribution in [0.4, 0.5) is 0 Å². The molecule has 0 unspecified atom stereocenters. The quantitative estimate of drug-likeness (QED) is 0.0825. The smallest absolute Gasteiger partial charge is 0.303 e. The van der Waals surface area contributed by atoms with Crippen LogP contribution in [0.3, 0.4) is 0 Å². The van der Waals surface area contributed by atoms with Crippen LogP contribution in [-0.4, -0.2) is 77.7 Å². The molecule has 35 heavy (non-hydrogen) atoms. The molecule has 0 heterocycles. The number of nitrogens with one attached hydrogen (secondary N) is 4. The van der Waals surface area contributed by atoms with Gasteiger partial charge in [-0.05, 0) is 45.4 Å². The molecule has 13 nitrogen and oxygen atoms in total. The Balaban J connectivity index is 5.25. The van der Waals surface area contributed by atoms with Crippen molar-refractivity contribution in [3.8, 4) is 0 Å². The van der Waals surface area contributed by atoms with Crippen molar-refractivity contribution < 1.29 is 39.6 Å². The fourth-order valence-corrected chi connectivity index (χ4v) is 3.02. The second-order valence-electron chi connectivity index (χ2n) is 8.84. The Hall–Kier alpha value is -3.06. The van der Waals surface area contributed by atoms with Crippen molar-refractivity contribution in [3.63, 3.8) is 0 Å². The van der Waals surface area contributed by atoms with Gasteiger partial charge >= 0.3 is 5.97 Å². The number of amides is 4. The number of carboxylic acid groups (broad SMARTS) is 1. The fraction of sp³-hybridized carbons (Fsp3) is 0.727. The lowest BCUT2D eigenvalue weighted by molar-refractivity contribution is -0.368. The minimum Gasteiger partial charge on any atom is -0.481 e. The zero-order valence-corrected chi connectivity index (χ0v) is 21.0. The van der Waals surface area contributed by atoms with Crippen molar-refractivity contribution in [3.05, 3.63) is 0 Å². The monoisotopic (exact) mass is 501 g/mol. The van der Waals surface area contributed by atoms with E-state index in [9.17, 15) is 28.8 Å². The number of carbonyl (C=O) groups is 6.